The molecule has 2 aliphatic heterocycles. The molecular formula is C22H19N5O5. The third kappa shape index (κ3) is 3.20. The second-order valence-electron chi connectivity index (χ2n) is 7.98. The second kappa shape index (κ2) is 7.56. The summed E-state index contributed by atoms with van der Waals surface area (Å²) in [7, 11) is 0. The fourth-order valence-corrected chi connectivity index (χ4v) is 4.50. The fourth-order valence-electron chi connectivity index (χ4n) is 4.50. The van der Waals surface area contributed by atoms with Gasteiger partial charge in [-0.1, -0.05) is 0 Å². The van der Waals surface area contributed by atoms with E-state index in [4.69, 9.17) is 0 Å². The number of nitrogens with one attached hydrogen (secondary N) is 1. The topological polar surface area (TPSA) is 130 Å². The maximum Gasteiger partial charge on any atom is 0.270 e. The van der Waals surface area contributed by atoms with Gasteiger partial charge in [-0.3, -0.25) is 34.4 Å². The molecule has 10 heteroatoms. The van der Waals surface area contributed by atoms with Gasteiger partial charge in [0.2, 0.25) is 5.91 Å². The zero-order chi connectivity index (χ0) is 22.4. The predicted molar refractivity (Wildman–Crippen MR) is 113 cm³/mol. The van der Waals surface area contributed by atoms with Crippen LogP contribution in [0.15, 0.2) is 42.7 Å². The average molecular weight is 433 g/mol. The quantitative estimate of drug-likeness (QED) is 0.382. The molecule has 0 saturated carbocycles. The first-order valence-corrected chi connectivity index (χ1v) is 10.3. The number of nitro groups is 1. The van der Waals surface area contributed by atoms with Gasteiger partial charge in [0.1, 0.15) is 6.54 Å². The van der Waals surface area contributed by atoms with Gasteiger partial charge in [0.25, 0.3) is 17.5 Å². The van der Waals surface area contributed by atoms with E-state index in [2.05, 4.69) is 9.97 Å². The lowest BCUT2D eigenvalue weighted by atomic mass is 9.90. The molecule has 5 rings (SSSR count). The summed E-state index contributed by atoms with van der Waals surface area (Å²) in [5, 5.41) is 11.0. The van der Waals surface area contributed by atoms with E-state index in [9.17, 15) is 24.5 Å². The second-order valence-corrected chi connectivity index (χ2v) is 7.98. The van der Waals surface area contributed by atoms with Crippen LogP contribution in [-0.2, 0) is 4.79 Å². The maximum atomic E-state index is 12.8. The zero-order valence-corrected chi connectivity index (χ0v) is 17.0. The highest BCUT2D eigenvalue weighted by Crippen LogP contribution is 2.32. The van der Waals surface area contributed by atoms with Crippen LogP contribution in [0.3, 0.4) is 0 Å². The molecule has 0 atom stereocenters. The van der Waals surface area contributed by atoms with Gasteiger partial charge in [-0.25, -0.2) is 0 Å². The summed E-state index contributed by atoms with van der Waals surface area (Å²) in [6.07, 6.45) is 5.24. The van der Waals surface area contributed by atoms with Crippen LogP contribution in [0.5, 0.6) is 0 Å². The van der Waals surface area contributed by atoms with E-state index in [0.29, 0.717) is 13.1 Å². The van der Waals surface area contributed by atoms with Crippen molar-refractivity contribution in [3.63, 3.8) is 0 Å². The number of fused-ring (bicyclic) bond motifs is 2. The van der Waals surface area contributed by atoms with Crippen molar-refractivity contribution in [1.82, 2.24) is 19.8 Å². The molecule has 162 valence electrons. The summed E-state index contributed by atoms with van der Waals surface area (Å²) in [6, 6.07) is 7.38. The number of non-ortho nitro benzene ring substituents is 1. The number of aromatic nitrogens is 2. The monoisotopic (exact) mass is 433 g/mol. The molecule has 4 heterocycles. The third-order valence-electron chi connectivity index (χ3n) is 6.21. The Labute approximate surface area is 182 Å². The van der Waals surface area contributed by atoms with E-state index in [-0.39, 0.29) is 35.2 Å². The number of carbonyl (C=O) groups excluding carboxylic acids is 3. The number of amides is 3. The van der Waals surface area contributed by atoms with Crippen LogP contribution >= 0.6 is 0 Å². The van der Waals surface area contributed by atoms with Crippen LogP contribution < -0.4 is 0 Å². The third-order valence-corrected chi connectivity index (χ3v) is 6.21. The summed E-state index contributed by atoms with van der Waals surface area (Å²) in [4.78, 5) is 58.6. The molecule has 0 spiro atoms. The number of nitro benzene ring substituents is 1. The Morgan fingerprint density at radius 3 is 2.66 bits per heavy atom. The van der Waals surface area contributed by atoms with Crippen LogP contribution in [-0.4, -0.2) is 62.0 Å². The lowest BCUT2D eigenvalue weighted by Crippen LogP contribution is -2.45. The van der Waals surface area contributed by atoms with Crippen molar-refractivity contribution in [3.8, 4) is 0 Å². The van der Waals surface area contributed by atoms with Crippen LogP contribution in [0.25, 0.3) is 11.0 Å². The molecule has 0 radical (unpaired) electrons. The molecule has 2 aromatic heterocycles. The number of aromatic amines is 1. The highest BCUT2D eigenvalue weighted by atomic mass is 16.6. The van der Waals surface area contributed by atoms with Gasteiger partial charge in [-0.15, -0.1) is 0 Å². The number of piperidine rings is 1. The largest absolute Gasteiger partial charge is 0.360 e. The average Bonchev–Trinajstić information content (AvgIpc) is 3.34. The Morgan fingerprint density at radius 2 is 1.91 bits per heavy atom. The Hall–Kier alpha value is -4.08. The SMILES string of the molecule is O=C(CN1C(=O)c2ccc([N+](=O)[O-])cc2C1=O)N1CCC(c2c[nH]c3cccnc23)CC1. The normalized spacial score (nSPS) is 16.6. The highest BCUT2D eigenvalue weighted by Gasteiger charge is 2.39. The minimum absolute atomic E-state index is 0.0393. The number of carbonyl (C=O) groups is 3. The van der Waals surface area contributed by atoms with E-state index < -0.39 is 16.7 Å². The summed E-state index contributed by atoms with van der Waals surface area (Å²) < 4.78 is 0. The van der Waals surface area contributed by atoms with Gasteiger partial charge < -0.3 is 9.88 Å². The van der Waals surface area contributed by atoms with Crippen molar-refractivity contribution >= 4 is 34.4 Å². The highest BCUT2D eigenvalue weighted by molar-refractivity contribution is 6.22. The molecule has 1 saturated heterocycles. The van der Waals surface area contributed by atoms with Gasteiger partial charge in [0, 0.05) is 37.6 Å². The minimum atomic E-state index is -0.679. The molecule has 1 fully saturated rings. The van der Waals surface area contributed by atoms with Crippen molar-refractivity contribution in [2.24, 2.45) is 0 Å². The van der Waals surface area contributed by atoms with Gasteiger partial charge in [0.05, 0.1) is 27.1 Å². The Balaban J connectivity index is 1.25. The molecule has 0 bridgehead atoms. The van der Waals surface area contributed by atoms with Crippen LogP contribution in [0.1, 0.15) is 45.0 Å². The molecule has 1 N–H and O–H groups in total. The first-order chi connectivity index (χ1) is 15.4. The number of H-pyrrole nitrogens is 1. The van der Waals surface area contributed by atoms with Crippen LogP contribution in [0.2, 0.25) is 0 Å². The van der Waals surface area contributed by atoms with Gasteiger partial charge in [-0.2, -0.15) is 0 Å². The smallest absolute Gasteiger partial charge is 0.270 e. The number of nitrogens with zero attached hydrogens (tertiary/aromatic N) is 4. The van der Waals surface area contributed by atoms with E-state index in [1.54, 1.807) is 11.1 Å². The molecular weight excluding hydrogens is 414 g/mol. The van der Waals surface area contributed by atoms with Crippen molar-refractivity contribution < 1.29 is 19.3 Å². The van der Waals surface area contributed by atoms with E-state index in [1.807, 2.05) is 18.3 Å². The molecule has 32 heavy (non-hydrogen) atoms. The van der Waals surface area contributed by atoms with E-state index >= 15 is 0 Å². The summed E-state index contributed by atoms with van der Waals surface area (Å²) >= 11 is 0. The van der Waals surface area contributed by atoms with E-state index in [0.717, 1.165) is 40.4 Å². The van der Waals surface area contributed by atoms with Gasteiger partial charge in [-0.05, 0) is 42.5 Å². The number of rotatable bonds is 4. The van der Waals surface area contributed by atoms with E-state index in [1.165, 1.54) is 12.1 Å². The lowest BCUT2D eigenvalue weighted by molar-refractivity contribution is -0.384. The number of pyridine rings is 1. The van der Waals surface area contributed by atoms with Crippen LogP contribution in [0.4, 0.5) is 5.69 Å². The van der Waals surface area contributed by atoms with Crippen LogP contribution in [0, 0.1) is 10.1 Å². The Kier molecular flexibility index (Phi) is 4.69. The van der Waals surface area contributed by atoms with Gasteiger partial charge >= 0.3 is 0 Å². The molecule has 0 unspecified atom stereocenters. The number of likely N-dealkylation sites (tertiary alicyclic amines) is 1. The number of hydrogen-bond acceptors (Lipinski definition) is 6. The molecule has 0 aliphatic carbocycles. The summed E-state index contributed by atoms with van der Waals surface area (Å²) in [6.45, 7) is 0.648. The number of imide groups is 1. The van der Waals surface area contributed by atoms with Crippen molar-refractivity contribution in [2.45, 2.75) is 18.8 Å². The summed E-state index contributed by atoms with van der Waals surface area (Å²) in [5.74, 6) is -1.33. The molecule has 2 aliphatic rings. The first-order valence-electron chi connectivity index (χ1n) is 10.3. The fraction of sp³-hybridized carbons (Fsp3) is 0.273. The zero-order valence-electron chi connectivity index (χ0n) is 17.0. The van der Waals surface area contributed by atoms with Gasteiger partial charge in [0.15, 0.2) is 0 Å². The minimum Gasteiger partial charge on any atom is -0.360 e. The summed E-state index contributed by atoms with van der Waals surface area (Å²) in [5.41, 5.74) is 2.83. The Morgan fingerprint density at radius 1 is 1.16 bits per heavy atom. The predicted octanol–water partition coefficient (Wildman–Crippen LogP) is 2.47. The Bertz CT molecular complexity index is 1270. The van der Waals surface area contributed by atoms with Crippen molar-refractivity contribution in [2.75, 3.05) is 19.6 Å². The standard InChI is InChI=1S/C22H19N5O5/c28-19(12-26-21(29)15-4-3-14(27(31)32)10-16(15)22(26)30)25-8-5-13(6-9-25)17-11-24-18-2-1-7-23-20(17)18/h1-4,7,10-11,13,24H,5-6,8-9,12H2. The van der Waals surface area contributed by atoms with Crippen molar-refractivity contribution in [3.05, 3.63) is 69.5 Å². The number of hydrogen-bond donors (Lipinski definition) is 1. The first kappa shape index (κ1) is 19.9. The molecule has 10 nitrogen and oxygen atoms in total. The molecule has 1 aromatic carbocycles. The molecule has 3 aromatic rings. The number of benzene rings is 1. The van der Waals surface area contributed by atoms with Crippen molar-refractivity contribution in [1.29, 1.82) is 0 Å². The lowest BCUT2D eigenvalue weighted by Gasteiger charge is -2.32. The molecule has 3 amide bonds. The maximum absolute atomic E-state index is 12.8.